The molecule has 0 bridgehead atoms. The van der Waals surface area contributed by atoms with Crippen LogP contribution in [-0.4, -0.2) is 62.3 Å². The number of piperazine rings is 1. The summed E-state index contributed by atoms with van der Waals surface area (Å²) in [5.41, 5.74) is 2.17. The van der Waals surface area contributed by atoms with Gasteiger partial charge in [-0.3, -0.25) is 9.69 Å². The summed E-state index contributed by atoms with van der Waals surface area (Å²) in [6, 6.07) is 13.2. The Kier molecular flexibility index (Phi) is 5.90. The fourth-order valence-electron chi connectivity index (χ4n) is 4.24. The Balaban J connectivity index is 1.40. The smallest absolute Gasteiger partial charge is 0.243 e. The lowest BCUT2D eigenvalue weighted by molar-refractivity contribution is -0.120. The Hall–Kier alpha value is -2.29. The van der Waals surface area contributed by atoms with Gasteiger partial charge in [-0.25, -0.2) is 12.8 Å². The van der Waals surface area contributed by atoms with E-state index in [1.807, 2.05) is 28.0 Å². The van der Waals surface area contributed by atoms with E-state index in [1.165, 1.54) is 28.1 Å². The number of carbonyl (C=O) groups is 1. The molecule has 0 N–H and O–H groups in total. The van der Waals surface area contributed by atoms with Crippen molar-refractivity contribution in [3.8, 4) is 0 Å². The van der Waals surface area contributed by atoms with Gasteiger partial charge in [0.25, 0.3) is 0 Å². The van der Waals surface area contributed by atoms with Crippen molar-refractivity contribution in [2.45, 2.75) is 30.7 Å². The van der Waals surface area contributed by atoms with Crippen molar-refractivity contribution in [1.29, 1.82) is 0 Å². The largest absolute Gasteiger partial charge is 0.308 e. The van der Waals surface area contributed by atoms with Crippen LogP contribution in [0, 0.1) is 5.82 Å². The molecule has 1 unspecified atom stereocenters. The van der Waals surface area contributed by atoms with Crippen LogP contribution in [0.15, 0.2) is 53.4 Å². The quantitative estimate of drug-likeness (QED) is 0.746. The molecule has 160 valence electrons. The molecule has 2 aromatic carbocycles. The van der Waals surface area contributed by atoms with Crippen molar-refractivity contribution in [3.63, 3.8) is 0 Å². The van der Waals surface area contributed by atoms with Crippen molar-refractivity contribution >= 4 is 21.6 Å². The van der Waals surface area contributed by atoms with E-state index in [0.29, 0.717) is 13.1 Å². The topological polar surface area (TPSA) is 60.9 Å². The summed E-state index contributed by atoms with van der Waals surface area (Å²) in [5, 5.41) is 0. The molecular formula is C22H26FN3O3S. The van der Waals surface area contributed by atoms with Gasteiger partial charge in [0.15, 0.2) is 0 Å². The minimum Gasteiger partial charge on any atom is -0.308 e. The van der Waals surface area contributed by atoms with E-state index in [4.69, 9.17) is 0 Å². The number of fused-ring (bicyclic) bond motifs is 1. The van der Waals surface area contributed by atoms with Gasteiger partial charge in [-0.05, 0) is 49.6 Å². The van der Waals surface area contributed by atoms with Gasteiger partial charge in [-0.15, -0.1) is 0 Å². The standard InChI is InChI=1S/C22H26FN3O3S/c1-17-9-10-18-5-2-3-8-21(18)26(17)22(27)16-24-11-13-25(14-12-24)30(28,29)20-7-4-6-19(23)15-20/h2-8,15,17H,9-14,16H2,1H3. The van der Waals surface area contributed by atoms with Crippen LogP contribution in [0.2, 0.25) is 0 Å². The maximum Gasteiger partial charge on any atom is 0.243 e. The van der Waals surface area contributed by atoms with Crippen LogP contribution in [0.3, 0.4) is 0 Å². The van der Waals surface area contributed by atoms with E-state index in [2.05, 4.69) is 13.0 Å². The predicted molar refractivity (Wildman–Crippen MR) is 113 cm³/mol. The molecule has 1 fully saturated rings. The third-order valence-corrected chi connectivity index (χ3v) is 7.81. The third-order valence-electron chi connectivity index (χ3n) is 5.92. The molecule has 0 spiro atoms. The molecule has 1 atom stereocenters. The second-order valence-electron chi connectivity index (χ2n) is 7.92. The van der Waals surface area contributed by atoms with E-state index < -0.39 is 15.8 Å². The summed E-state index contributed by atoms with van der Waals surface area (Å²) >= 11 is 0. The number of para-hydroxylation sites is 1. The van der Waals surface area contributed by atoms with Crippen LogP contribution in [0.5, 0.6) is 0 Å². The number of anilines is 1. The SMILES string of the molecule is CC1CCc2ccccc2N1C(=O)CN1CCN(S(=O)(=O)c2cccc(F)c2)CC1. The number of hydrogen-bond acceptors (Lipinski definition) is 4. The Labute approximate surface area is 176 Å². The van der Waals surface area contributed by atoms with Crippen LogP contribution in [0.1, 0.15) is 18.9 Å². The number of carbonyl (C=O) groups excluding carboxylic acids is 1. The highest BCUT2D eigenvalue weighted by Gasteiger charge is 2.32. The molecule has 6 nitrogen and oxygen atoms in total. The Morgan fingerprint density at radius 3 is 2.53 bits per heavy atom. The zero-order valence-corrected chi connectivity index (χ0v) is 17.8. The number of hydrogen-bond donors (Lipinski definition) is 0. The fourth-order valence-corrected chi connectivity index (χ4v) is 5.69. The molecular weight excluding hydrogens is 405 g/mol. The van der Waals surface area contributed by atoms with Crippen LogP contribution >= 0.6 is 0 Å². The Morgan fingerprint density at radius 1 is 1.07 bits per heavy atom. The van der Waals surface area contributed by atoms with E-state index in [9.17, 15) is 17.6 Å². The van der Waals surface area contributed by atoms with E-state index >= 15 is 0 Å². The average Bonchev–Trinajstić information content (AvgIpc) is 2.74. The molecule has 2 aliphatic heterocycles. The monoisotopic (exact) mass is 431 g/mol. The predicted octanol–water partition coefficient (Wildman–Crippen LogP) is 2.50. The molecule has 2 aliphatic rings. The van der Waals surface area contributed by atoms with Crippen molar-refractivity contribution in [2.75, 3.05) is 37.6 Å². The van der Waals surface area contributed by atoms with Gasteiger partial charge in [-0.1, -0.05) is 24.3 Å². The first-order valence-electron chi connectivity index (χ1n) is 10.2. The third kappa shape index (κ3) is 4.12. The molecule has 4 rings (SSSR count). The number of benzene rings is 2. The highest BCUT2D eigenvalue weighted by Crippen LogP contribution is 2.30. The van der Waals surface area contributed by atoms with Crippen molar-refractivity contribution in [2.24, 2.45) is 0 Å². The van der Waals surface area contributed by atoms with Gasteiger partial charge in [0.1, 0.15) is 5.82 Å². The van der Waals surface area contributed by atoms with E-state index in [0.717, 1.165) is 24.6 Å². The molecule has 0 aliphatic carbocycles. The summed E-state index contributed by atoms with van der Waals surface area (Å²) < 4.78 is 40.3. The van der Waals surface area contributed by atoms with Crippen LogP contribution in [-0.2, 0) is 21.2 Å². The van der Waals surface area contributed by atoms with Crippen molar-refractivity contribution in [3.05, 3.63) is 59.9 Å². The maximum absolute atomic E-state index is 13.5. The first kappa shape index (κ1) is 21.0. The Morgan fingerprint density at radius 2 is 1.80 bits per heavy atom. The maximum atomic E-state index is 13.5. The zero-order chi connectivity index (χ0) is 21.3. The summed E-state index contributed by atoms with van der Waals surface area (Å²) in [7, 11) is -3.73. The normalized spacial score (nSPS) is 20.7. The second-order valence-corrected chi connectivity index (χ2v) is 9.86. The molecule has 8 heteroatoms. The molecule has 2 aromatic rings. The average molecular weight is 432 g/mol. The molecule has 1 saturated heterocycles. The number of nitrogens with zero attached hydrogens (tertiary/aromatic N) is 3. The molecule has 0 radical (unpaired) electrons. The number of halogens is 1. The molecule has 30 heavy (non-hydrogen) atoms. The van der Waals surface area contributed by atoms with Crippen molar-refractivity contribution in [1.82, 2.24) is 9.21 Å². The van der Waals surface area contributed by atoms with E-state index in [1.54, 1.807) is 0 Å². The summed E-state index contributed by atoms with van der Waals surface area (Å²) in [6.07, 6.45) is 1.90. The van der Waals surface area contributed by atoms with Crippen molar-refractivity contribution < 1.29 is 17.6 Å². The number of aryl methyl sites for hydroxylation is 1. The van der Waals surface area contributed by atoms with Gasteiger partial charge in [0, 0.05) is 37.9 Å². The highest BCUT2D eigenvalue weighted by atomic mass is 32.2. The lowest BCUT2D eigenvalue weighted by Crippen LogP contribution is -2.53. The zero-order valence-electron chi connectivity index (χ0n) is 17.0. The molecule has 0 saturated carbocycles. The number of sulfonamides is 1. The highest BCUT2D eigenvalue weighted by molar-refractivity contribution is 7.89. The van der Waals surface area contributed by atoms with Gasteiger partial charge in [0.2, 0.25) is 15.9 Å². The van der Waals surface area contributed by atoms with Gasteiger partial charge >= 0.3 is 0 Å². The Bertz CT molecular complexity index is 1040. The van der Waals surface area contributed by atoms with Crippen LogP contribution < -0.4 is 4.90 Å². The van der Waals surface area contributed by atoms with Crippen LogP contribution in [0.25, 0.3) is 0 Å². The summed E-state index contributed by atoms with van der Waals surface area (Å²) in [5.74, 6) is -0.535. The minimum absolute atomic E-state index is 0.0363. The van der Waals surface area contributed by atoms with Gasteiger partial charge in [-0.2, -0.15) is 4.31 Å². The first-order valence-corrected chi connectivity index (χ1v) is 11.7. The lowest BCUT2D eigenvalue weighted by Gasteiger charge is -2.38. The van der Waals surface area contributed by atoms with Gasteiger partial charge in [0.05, 0.1) is 11.4 Å². The van der Waals surface area contributed by atoms with Gasteiger partial charge < -0.3 is 4.90 Å². The fraction of sp³-hybridized carbons (Fsp3) is 0.409. The number of rotatable bonds is 4. The minimum atomic E-state index is -3.73. The van der Waals surface area contributed by atoms with Crippen LogP contribution in [0.4, 0.5) is 10.1 Å². The van der Waals surface area contributed by atoms with E-state index in [-0.39, 0.29) is 36.5 Å². The molecule has 0 aromatic heterocycles. The molecule has 2 heterocycles. The summed E-state index contributed by atoms with van der Waals surface area (Å²) in [6.45, 7) is 3.80. The first-order chi connectivity index (χ1) is 14.4. The summed E-state index contributed by atoms with van der Waals surface area (Å²) in [4.78, 5) is 16.9. The lowest BCUT2D eigenvalue weighted by atomic mass is 9.96. The second kappa shape index (κ2) is 8.45. The molecule has 1 amide bonds. The number of amides is 1.